The molecule has 0 spiro atoms. The molecule has 212 valence electrons. The number of anilines is 1. The van der Waals surface area contributed by atoms with Gasteiger partial charge in [0, 0.05) is 38.1 Å². The Morgan fingerprint density at radius 3 is 2.45 bits per heavy atom. The molecule has 1 aromatic carbocycles. The molecule has 0 bridgehead atoms. The van der Waals surface area contributed by atoms with Gasteiger partial charge in [-0.3, -0.25) is 9.47 Å². The first kappa shape index (κ1) is 28.2. The van der Waals surface area contributed by atoms with Gasteiger partial charge < -0.3 is 9.64 Å². The van der Waals surface area contributed by atoms with Crippen molar-refractivity contribution in [2.75, 3.05) is 25.1 Å². The maximum atomic E-state index is 13.9. The molecule has 2 unspecified atom stereocenters. The first-order valence-electron chi connectivity index (χ1n) is 13.9. The molecule has 3 heterocycles. The number of piperazine rings is 1. The molecule has 0 N–H and O–H groups in total. The van der Waals surface area contributed by atoms with Crippen molar-refractivity contribution < 1.29 is 9.13 Å². The van der Waals surface area contributed by atoms with Gasteiger partial charge in [0.2, 0.25) is 0 Å². The molecule has 0 amide bonds. The number of benzene rings is 1. The normalized spacial score (nSPS) is 21.1. The number of aromatic nitrogens is 3. The fourth-order valence-corrected chi connectivity index (χ4v) is 5.85. The van der Waals surface area contributed by atoms with Crippen molar-refractivity contribution in [2.24, 2.45) is 18.0 Å². The van der Waals surface area contributed by atoms with Crippen LogP contribution in [-0.2, 0) is 11.8 Å². The lowest BCUT2D eigenvalue weighted by Crippen LogP contribution is -2.59. The Balaban J connectivity index is 1.56. The summed E-state index contributed by atoms with van der Waals surface area (Å²) >= 11 is 6.29. The fourth-order valence-electron chi connectivity index (χ4n) is 5.70. The molecular formula is C30H36ClFN6O2. The lowest BCUT2D eigenvalue weighted by molar-refractivity contribution is 0.108. The first-order chi connectivity index (χ1) is 19.2. The molecule has 1 saturated heterocycles. The van der Waals surface area contributed by atoms with Crippen LogP contribution in [0.2, 0.25) is 5.15 Å². The van der Waals surface area contributed by atoms with Crippen LogP contribution in [0.25, 0.3) is 11.0 Å². The topological polar surface area (TPSA) is 75.8 Å². The largest absolute Gasteiger partial charge is 0.484 e. The predicted molar refractivity (Wildman–Crippen MR) is 157 cm³/mol. The quantitative estimate of drug-likeness (QED) is 0.203. The second-order valence-electron chi connectivity index (χ2n) is 10.6. The van der Waals surface area contributed by atoms with Gasteiger partial charge in [-0.25, -0.2) is 19.2 Å². The number of aryl methyl sites for hydroxylation is 1. The highest BCUT2D eigenvalue weighted by Crippen LogP contribution is 2.38. The molecule has 3 atom stereocenters. The summed E-state index contributed by atoms with van der Waals surface area (Å²) in [7, 11) is 3.34. The third kappa shape index (κ3) is 5.49. The molecule has 10 heteroatoms. The molecule has 0 radical (unpaired) electrons. The summed E-state index contributed by atoms with van der Waals surface area (Å²) in [6.07, 6.45) is 3.76. The van der Waals surface area contributed by atoms with E-state index in [4.69, 9.17) is 21.3 Å². The van der Waals surface area contributed by atoms with Crippen LogP contribution in [-0.4, -0.2) is 57.6 Å². The van der Waals surface area contributed by atoms with Crippen LogP contribution in [0.3, 0.4) is 0 Å². The van der Waals surface area contributed by atoms with Gasteiger partial charge in [0.1, 0.15) is 16.5 Å². The number of halogens is 2. The number of ether oxygens (including phenoxy) is 1. The molecular weight excluding hydrogens is 531 g/mol. The maximum Gasteiger partial charge on any atom is 0.349 e. The van der Waals surface area contributed by atoms with Gasteiger partial charge in [0.25, 0.3) is 0 Å². The molecule has 3 aromatic rings. The maximum absolute atomic E-state index is 13.9. The van der Waals surface area contributed by atoms with Crippen LogP contribution in [0, 0.1) is 11.7 Å². The molecule has 1 aliphatic carbocycles. The van der Waals surface area contributed by atoms with E-state index in [1.54, 1.807) is 20.2 Å². The van der Waals surface area contributed by atoms with E-state index in [-0.39, 0.29) is 29.6 Å². The average molecular weight is 567 g/mol. The molecule has 2 fully saturated rings. The summed E-state index contributed by atoms with van der Waals surface area (Å²) in [6.45, 7) is 9.95. The fraction of sp³-hybridized carbons (Fsp3) is 0.467. The predicted octanol–water partition coefficient (Wildman–Crippen LogP) is 5.51. The van der Waals surface area contributed by atoms with E-state index >= 15 is 0 Å². The van der Waals surface area contributed by atoms with E-state index in [0.29, 0.717) is 52.6 Å². The van der Waals surface area contributed by atoms with Crippen LogP contribution >= 0.6 is 11.6 Å². The Morgan fingerprint density at radius 1 is 1.12 bits per heavy atom. The zero-order valence-electron chi connectivity index (χ0n) is 23.5. The van der Waals surface area contributed by atoms with Crippen molar-refractivity contribution in [1.82, 2.24) is 19.4 Å². The van der Waals surface area contributed by atoms with Gasteiger partial charge in [-0.05, 0) is 55.5 Å². The molecule has 40 heavy (non-hydrogen) atoms. The van der Waals surface area contributed by atoms with Crippen LogP contribution in [0.1, 0.15) is 51.1 Å². The van der Waals surface area contributed by atoms with Crippen molar-refractivity contribution >= 4 is 34.3 Å². The van der Waals surface area contributed by atoms with Gasteiger partial charge in [-0.2, -0.15) is 4.98 Å². The lowest BCUT2D eigenvalue weighted by Gasteiger charge is -2.49. The van der Waals surface area contributed by atoms with Crippen molar-refractivity contribution in [2.45, 2.75) is 57.7 Å². The number of nitrogens with zero attached hydrogens (tertiary/aromatic N) is 6. The summed E-state index contributed by atoms with van der Waals surface area (Å²) in [4.78, 5) is 31.4. The Morgan fingerprint density at radius 2 is 1.82 bits per heavy atom. The average Bonchev–Trinajstić information content (AvgIpc) is 3.80. The van der Waals surface area contributed by atoms with Crippen molar-refractivity contribution in [1.29, 1.82) is 0 Å². The van der Waals surface area contributed by atoms with Gasteiger partial charge in [-0.15, -0.1) is 0 Å². The highest BCUT2D eigenvalue weighted by molar-refractivity contribution is 6.29. The summed E-state index contributed by atoms with van der Waals surface area (Å²) in [5.41, 5.74) is 2.55. The number of pyridine rings is 1. The van der Waals surface area contributed by atoms with E-state index in [1.807, 2.05) is 18.2 Å². The SMILES string of the molecule is C=C(N=C(OC)C1CC1)C(c1ccc(F)cc1)N1CC(CC)N(c2nc(=O)n(C)c3ccc(Cl)nc23)C[C@H]1CC. The highest BCUT2D eigenvalue weighted by Gasteiger charge is 2.39. The van der Waals surface area contributed by atoms with Crippen LogP contribution in [0.5, 0.6) is 0 Å². The van der Waals surface area contributed by atoms with E-state index in [2.05, 4.69) is 40.2 Å². The summed E-state index contributed by atoms with van der Waals surface area (Å²) in [5, 5.41) is 0.350. The molecule has 8 nitrogen and oxygen atoms in total. The van der Waals surface area contributed by atoms with Crippen molar-refractivity contribution in [3.05, 3.63) is 75.7 Å². The Kier molecular flexibility index (Phi) is 8.24. The molecule has 5 rings (SSSR count). The van der Waals surface area contributed by atoms with Crippen molar-refractivity contribution in [3.63, 3.8) is 0 Å². The monoisotopic (exact) mass is 566 g/mol. The second-order valence-corrected chi connectivity index (χ2v) is 11.0. The number of aliphatic imine (C=N–C) groups is 1. The number of methoxy groups -OCH3 is 1. The molecule has 1 aliphatic heterocycles. The van der Waals surface area contributed by atoms with E-state index in [9.17, 15) is 9.18 Å². The van der Waals surface area contributed by atoms with E-state index in [1.165, 1.54) is 16.7 Å². The molecule has 2 aromatic heterocycles. The minimum atomic E-state index is -0.337. The standard InChI is InChI=1S/C30H36ClFN6O2/c1-6-22-17-38(28-26-24(14-15-25(31)34-26)36(4)30(39)35-28)23(7-2)16-37(22)27(19-10-12-21(32)13-11-19)18(3)33-29(40-5)20-8-9-20/h10-15,20,22-23,27H,3,6-9,16-17H2,1-2,4-5H3/t22-,23?,27?/m1/s1. The number of hydrogen-bond acceptors (Lipinski definition) is 7. The number of hydrogen-bond donors (Lipinski definition) is 0. The van der Waals surface area contributed by atoms with Crippen LogP contribution in [0.4, 0.5) is 10.2 Å². The summed E-state index contributed by atoms with van der Waals surface area (Å²) < 4.78 is 21.1. The highest BCUT2D eigenvalue weighted by atomic mass is 35.5. The summed E-state index contributed by atoms with van der Waals surface area (Å²) in [6, 6.07) is 9.91. The third-order valence-electron chi connectivity index (χ3n) is 8.08. The molecule has 2 aliphatic rings. The summed E-state index contributed by atoms with van der Waals surface area (Å²) in [5.74, 6) is 1.30. The number of rotatable bonds is 8. The lowest BCUT2D eigenvalue weighted by atomic mass is 9.94. The van der Waals surface area contributed by atoms with Gasteiger partial charge in [0.15, 0.2) is 11.7 Å². The van der Waals surface area contributed by atoms with Crippen molar-refractivity contribution in [3.8, 4) is 0 Å². The smallest absolute Gasteiger partial charge is 0.349 e. The van der Waals surface area contributed by atoms with Gasteiger partial charge in [0.05, 0.1) is 24.4 Å². The van der Waals surface area contributed by atoms with E-state index in [0.717, 1.165) is 31.2 Å². The zero-order chi connectivity index (χ0) is 28.6. The third-order valence-corrected chi connectivity index (χ3v) is 8.29. The van der Waals surface area contributed by atoms with Crippen LogP contribution < -0.4 is 10.6 Å². The Hall–Kier alpha value is -3.30. The number of fused-ring (bicyclic) bond motifs is 1. The van der Waals surface area contributed by atoms with Gasteiger partial charge in [-0.1, -0.05) is 44.2 Å². The minimum absolute atomic E-state index is 0.0245. The van der Waals surface area contributed by atoms with Crippen LogP contribution in [0.15, 0.2) is 58.5 Å². The van der Waals surface area contributed by atoms with E-state index < -0.39 is 0 Å². The van der Waals surface area contributed by atoms with Gasteiger partial charge >= 0.3 is 5.69 Å². The second kappa shape index (κ2) is 11.7. The first-order valence-corrected chi connectivity index (χ1v) is 14.3. The minimum Gasteiger partial charge on any atom is -0.484 e. The Bertz CT molecular complexity index is 1490. The molecule has 1 saturated carbocycles. The zero-order valence-corrected chi connectivity index (χ0v) is 24.2. The Labute approximate surface area is 239 Å².